The molecule has 1 fully saturated rings. The lowest BCUT2D eigenvalue weighted by molar-refractivity contribution is -0.144. The quantitative estimate of drug-likeness (QED) is 0.0103. The summed E-state index contributed by atoms with van der Waals surface area (Å²) in [4.78, 5) is 224. The van der Waals surface area contributed by atoms with E-state index in [0.29, 0.717) is 34.0 Å². The molecule has 117 heavy (non-hydrogen) atoms. The van der Waals surface area contributed by atoms with Crippen LogP contribution in [0.4, 0.5) is 0 Å². The maximum atomic E-state index is 15.0. The first kappa shape index (κ1) is 95.7. The van der Waals surface area contributed by atoms with Gasteiger partial charge in [-0.05, 0) is 118 Å². The first-order chi connectivity index (χ1) is 55.2. The molecule has 1 aromatic heterocycles. The fraction of sp³-hybridized carbons (Fsp3) is 0.526. The van der Waals surface area contributed by atoms with Gasteiger partial charge in [-0.25, -0.2) is 4.79 Å². The molecule has 0 bridgehead atoms. The maximum absolute atomic E-state index is 15.0. The summed E-state index contributed by atoms with van der Waals surface area (Å²) in [7, 11) is 0. The van der Waals surface area contributed by atoms with Crippen LogP contribution in [0.15, 0.2) is 85.1 Å². The van der Waals surface area contributed by atoms with E-state index in [9.17, 15) is 92.0 Å². The molecule has 1 saturated heterocycles. The molecule has 5 rings (SSSR count). The number of carboxylic acids is 3. The second kappa shape index (κ2) is 47.2. The zero-order valence-corrected chi connectivity index (χ0v) is 67.6. The molecule has 0 aliphatic carbocycles. The Labute approximate surface area is 682 Å². The highest BCUT2D eigenvalue weighted by Crippen LogP contribution is 2.22. The second-order valence-corrected chi connectivity index (χ2v) is 30.4. The van der Waals surface area contributed by atoms with Gasteiger partial charge in [0, 0.05) is 68.0 Å². The van der Waals surface area contributed by atoms with E-state index in [1.807, 2.05) is 0 Å². The van der Waals surface area contributed by atoms with Gasteiger partial charge < -0.3 is 111 Å². The number of thiol groups is 1. The Hall–Kier alpha value is -11.9. The fourth-order valence-electron chi connectivity index (χ4n) is 12.7. The standard InChI is InChI=1S/C78H112N18O20S/c1-40(2)32-54(90-72(110)56(34-45-16-10-9-11-17-45)91-69(107)52(26-28-62(99)100)86-71(109)57(35-46-22-24-48(97)25-23-46)92-74(112)59(39-117)94-65(103)43(7)79)70(108)93-58(36-47-37-83-50-19-13-12-18-49(47)50)67(105)84-38-61(98)96-31-15-21-60(96)75(113)87-51(20-14-30-82-78(80)81)68(106)85-44(8)66(104)89-55(33-41(3)4)73(111)95-64(42(5)6)76(114)88-53(77(115)116)27-29-63(101)102/h9-13,16-19,22-25,37,40-44,51-60,64,83,97,117H,14-15,20-21,26-36,38-39,79H2,1-8H3,(H,84,105)(H,85,106)(H,86,109)(H,87,113)(H,88,114)(H,89,104)(H,90,110)(H,91,107)(H,92,112)(H,93,108)(H,94,103)(H,95,111)(H,99,100)(H,101,102)(H,115,116)(H4,80,81,82)/t43-,44-,51-,52-,53-,54-,55-,56-,57-,58-,59-,60-,64-/m0/s1. The summed E-state index contributed by atoms with van der Waals surface area (Å²) in [5, 5.41) is 80.5. The number of hydrogen-bond acceptors (Lipinski definition) is 20. The molecule has 0 spiro atoms. The molecular formula is C78H112N18O20S. The number of nitrogens with one attached hydrogen (secondary N) is 15. The Balaban J connectivity index is 1.36. The van der Waals surface area contributed by atoms with Crippen molar-refractivity contribution in [2.45, 2.75) is 217 Å². The molecule has 3 aromatic carbocycles. The number of carboxylic acid groups (broad SMARTS) is 3. The van der Waals surface area contributed by atoms with E-state index in [1.165, 1.54) is 43.0 Å². The number of fused-ring (bicyclic) bond motifs is 1. The first-order valence-corrected chi connectivity index (χ1v) is 39.3. The molecule has 23 N–H and O–H groups in total. The van der Waals surface area contributed by atoms with Crippen molar-refractivity contribution in [2.24, 2.45) is 29.2 Å². The summed E-state index contributed by atoms with van der Waals surface area (Å²) in [5.41, 5.74) is 13.4. The van der Waals surface area contributed by atoms with E-state index in [4.69, 9.17) is 22.0 Å². The monoisotopic (exact) mass is 1650 g/mol. The van der Waals surface area contributed by atoms with Gasteiger partial charge in [-0.3, -0.25) is 77.3 Å². The van der Waals surface area contributed by atoms with Crippen molar-refractivity contribution in [3.63, 3.8) is 0 Å². The van der Waals surface area contributed by atoms with Crippen LogP contribution in [0.5, 0.6) is 5.75 Å². The third-order valence-corrected chi connectivity index (χ3v) is 19.4. The number of amides is 13. The fourth-order valence-corrected chi connectivity index (χ4v) is 13.0. The van der Waals surface area contributed by atoms with Gasteiger partial charge in [0.25, 0.3) is 0 Å². The summed E-state index contributed by atoms with van der Waals surface area (Å²) in [6.07, 6.45) is -0.957. The number of phenolic OH excluding ortho intramolecular Hbond substituents is 1. The van der Waals surface area contributed by atoms with Crippen LogP contribution in [-0.2, 0) is 96.0 Å². The van der Waals surface area contributed by atoms with Gasteiger partial charge >= 0.3 is 17.9 Å². The van der Waals surface area contributed by atoms with Crippen molar-refractivity contribution < 1.29 is 97.1 Å². The minimum Gasteiger partial charge on any atom is -0.508 e. The molecular weight excluding hydrogens is 1540 g/mol. The minimum absolute atomic E-state index is 0.0143. The maximum Gasteiger partial charge on any atom is 0.326 e. The number of aromatic amines is 1. The average Bonchev–Trinajstić information content (AvgIpc) is 1.69. The number of guanidine groups is 1. The highest BCUT2D eigenvalue weighted by atomic mass is 32.1. The van der Waals surface area contributed by atoms with Crippen LogP contribution in [-0.4, -0.2) is 235 Å². The highest BCUT2D eigenvalue weighted by molar-refractivity contribution is 7.80. The number of carbonyl (C=O) groups excluding carboxylic acids is 13. The lowest BCUT2D eigenvalue weighted by atomic mass is 9.99. The van der Waals surface area contributed by atoms with E-state index in [1.54, 1.807) is 102 Å². The summed E-state index contributed by atoms with van der Waals surface area (Å²) >= 11 is 4.20. The zero-order valence-electron chi connectivity index (χ0n) is 66.7. The van der Waals surface area contributed by atoms with E-state index in [2.05, 4.69) is 86.7 Å². The largest absolute Gasteiger partial charge is 0.508 e. The number of hydrogen-bond donors (Lipinski definition) is 22. The number of aromatic hydroxyl groups is 1. The van der Waals surface area contributed by atoms with Gasteiger partial charge in [0.2, 0.25) is 76.8 Å². The SMILES string of the molecule is CC(C)C[C@H](NC(=O)[C@H](C)NC(=O)[C@H](CCCNC(=N)N)NC(=O)[C@@H]1CCCN1C(=O)CNC(=O)[C@H](Cc1c[nH]c2ccccc12)NC(=O)[C@H](CC(C)C)NC(=O)[C@H](Cc1ccccc1)NC(=O)[C@H](CCC(=O)O)NC(=O)[C@H](Cc1ccc(O)cc1)NC(=O)[C@H](CS)NC(=O)[C@H](C)N)C(=O)N[C@H](C(=O)N[C@@H](CCC(=O)O)C(=O)O)C(C)C. The number of aromatic nitrogens is 1. The van der Waals surface area contributed by atoms with E-state index in [-0.39, 0.29) is 93.8 Å². The molecule has 0 saturated carbocycles. The van der Waals surface area contributed by atoms with Gasteiger partial charge in [-0.2, -0.15) is 12.6 Å². The topological polar surface area (TPSA) is 605 Å². The summed E-state index contributed by atoms with van der Waals surface area (Å²) < 4.78 is 0. The molecule has 13 amide bonds. The van der Waals surface area contributed by atoms with Crippen LogP contribution in [0.3, 0.4) is 0 Å². The Bertz CT molecular complexity index is 4150. The molecule has 0 radical (unpaired) electrons. The predicted octanol–water partition coefficient (Wildman–Crippen LogP) is -1.54. The normalized spacial score (nSPS) is 15.6. The smallest absolute Gasteiger partial charge is 0.326 e. The van der Waals surface area contributed by atoms with Crippen molar-refractivity contribution >= 4 is 124 Å². The molecule has 4 aromatic rings. The van der Waals surface area contributed by atoms with Crippen LogP contribution >= 0.6 is 12.6 Å². The van der Waals surface area contributed by atoms with Crippen molar-refractivity contribution in [1.29, 1.82) is 5.41 Å². The minimum atomic E-state index is -1.70. The van der Waals surface area contributed by atoms with Crippen LogP contribution in [0.2, 0.25) is 0 Å². The van der Waals surface area contributed by atoms with Gasteiger partial charge in [0.05, 0.1) is 12.6 Å². The molecule has 2 heterocycles. The Morgan fingerprint density at radius 1 is 0.513 bits per heavy atom. The third-order valence-electron chi connectivity index (χ3n) is 19.0. The van der Waals surface area contributed by atoms with Crippen molar-refractivity contribution in [3.05, 3.63) is 102 Å². The molecule has 38 nitrogen and oxygen atoms in total. The van der Waals surface area contributed by atoms with E-state index in [0.717, 1.165) is 0 Å². The number of carbonyl (C=O) groups is 16. The van der Waals surface area contributed by atoms with Gasteiger partial charge in [0.1, 0.15) is 78.3 Å². The van der Waals surface area contributed by atoms with Crippen LogP contribution < -0.4 is 80.6 Å². The molecule has 1 aliphatic heterocycles. The van der Waals surface area contributed by atoms with Crippen molar-refractivity contribution in [3.8, 4) is 5.75 Å². The lowest BCUT2D eigenvalue weighted by Gasteiger charge is -2.29. The summed E-state index contributed by atoms with van der Waals surface area (Å²) in [6, 6.07) is 2.70. The number of likely N-dealkylation sites (tertiary alicyclic amines) is 1. The number of aliphatic carboxylic acids is 3. The van der Waals surface area contributed by atoms with Crippen molar-refractivity contribution in [1.82, 2.24) is 79.0 Å². The van der Waals surface area contributed by atoms with Gasteiger partial charge in [0.15, 0.2) is 5.96 Å². The predicted molar refractivity (Wildman–Crippen MR) is 430 cm³/mol. The Morgan fingerprint density at radius 2 is 0.983 bits per heavy atom. The second-order valence-electron chi connectivity index (χ2n) is 30.0. The number of nitrogens with two attached hydrogens (primary N) is 2. The summed E-state index contributed by atoms with van der Waals surface area (Å²) in [5.74, 6) is -17.5. The number of benzene rings is 3. The highest BCUT2D eigenvalue weighted by Gasteiger charge is 2.40. The molecule has 1 aliphatic rings. The number of nitrogens with zero attached hydrogens (tertiary/aromatic N) is 1. The average molecular weight is 1650 g/mol. The van der Waals surface area contributed by atoms with Gasteiger partial charge in [-0.15, -0.1) is 0 Å². The lowest BCUT2D eigenvalue weighted by Crippen LogP contribution is -2.61. The molecule has 640 valence electrons. The zero-order chi connectivity index (χ0) is 86.9. The molecule has 13 atom stereocenters. The van der Waals surface area contributed by atoms with Crippen LogP contribution in [0.25, 0.3) is 10.9 Å². The van der Waals surface area contributed by atoms with Crippen LogP contribution in [0, 0.1) is 23.2 Å². The number of phenols is 1. The third kappa shape index (κ3) is 32.0. The number of para-hydroxylation sites is 1. The van der Waals surface area contributed by atoms with E-state index >= 15 is 0 Å². The summed E-state index contributed by atoms with van der Waals surface area (Å²) in [6.45, 7) is 12.2. The first-order valence-electron chi connectivity index (χ1n) is 38.6. The molecule has 0 unspecified atom stereocenters. The Morgan fingerprint density at radius 3 is 1.53 bits per heavy atom. The van der Waals surface area contributed by atoms with Gasteiger partial charge in [-0.1, -0.05) is 102 Å². The van der Waals surface area contributed by atoms with E-state index < -0.39 is 211 Å². The Kier molecular flexibility index (Phi) is 38.6. The van der Waals surface area contributed by atoms with Crippen LogP contribution in [0.1, 0.15) is 136 Å². The number of H-pyrrole nitrogens is 1. The molecule has 39 heteroatoms. The van der Waals surface area contributed by atoms with Crippen molar-refractivity contribution in [2.75, 3.05) is 25.4 Å². The number of rotatable bonds is 48.